The molecule has 1 saturated heterocycles. The Hall–Kier alpha value is -2.01. The lowest BCUT2D eigenvalue weighted by atomic mass is 10.0. The maximum Gasteiger partial charge on any atom is 0.317 e. The molecule has 0 bridgehead atoms. The van der Waals surface area contributed by atoms with Gasteiger partial charge < -0.3 is 10.2 Å². The second-order valence-electron chi connectivity index (χ2n) is 6.55. The van der Waals surface area contributed by atoms with Crippen molar-refractivity contribution in [3.05, 3.63) is 52.8 Å². The standard InChI is InChI=1S/C18H23ClN4O/c1-13(16-4-3-5-17(19)9-16)21-18(24)23-7-6-14(12-23)8-15-10-20-22(2)11-15/h3-5,9-11,13-14H,6-8,12H2,1-2H3,(H,21,24)/t13-,14-/m1/s1. The lowest BCUT2D eigenvalue weighted by Crippen LogP contribution is -2.39. The number of hydrogen-bond acceptors (Lipinski definition) is 2. The number of carbonyl (C=O) groups excluding carboxylic acids is 1. The number of hydrogen-bond donors (Lipinski definition) is 1. The molecular formula is C18H23ClN4O. The highest BCUT2D eigenvalue weighted by Crippen LogP contribution is 2.22. The topological polar surface area (TPSA) is 50.2 Å². The molecule has 0 unspecified atom stereocenters. The van der Waals surface area contributed by atoms with Gasteiger partial charge in [-0.2, -0.15) is 5.10 Å². The van der Waals surface area contributed by atoms with E-state index in [2.05, 4.69) is 10.4 Å². The molecule has 3 rings (SSSR count). The van der Waals surface area contributed by atoms with Gasteiger partial charge in [0.05, 0.1) is 12.2 Å². The Morgan fingerprint density at radius 2 is 2.33 bits per heavy atom. The second-order valence-corrected chi connectivity index (χ2v) is 6.99. The maximum absolute atomic E-state index is 12.5. The van der Waals surface area contributed by atoms with Gasteiger partial charge in [0, 0.05) is 31.4 Å². The molecule has 1 fully saturated rings. The van der Waals surface area contributed by atoms with Gasteiger partial charge in [-0.05, 0) is 48.9 Å². The zero-order valence-corrected chi connectivity index (χ0v) is 14.8. The van der Waals surface area contributed by atoms with E-state index in [-0.39, 0.29) is 12.1 Å². The summed E-state index contributed by atoms with van der Waals surface area (Å²) >= 11 is 6.02. The third-order valence-electron chi connectivity index (χ3n) is 4.54. The lowest BCUT2D eigenvalue weighted by molar-refractivity contribution is 0.203. The lowest BCUT2D eigenvalue weighted by Gasteiger charge is -2.21. The molecule has 1 aromatic carbocycles. The number of rotatable bonds is 4. The molecule has 1 aromatic heterocycles. The van der Waals surface area contributed by atoms with Crippen LogP contribution in [0.5, 0.6) is 0 Å². The van der Waals surface area contributed by atoms with E-state index in [0.717, 1.165) is 31.5 Å². The number of carbonyl (C=O) groups is 1. The fourth-order valence-corrected chi connectivity index (χ4v) is 3.43. The van der Waals surface area contributed by atoms with Crippen molar-refractivity contribution in [1.82, 2.24) is 20.0 Å². The molecule has 2 amide bonds. The van der Waals surface area contributed by atoms with Crippen LogP contribution in [0.1, 0.15) is 30.5 Å². The minimum Gasteiger partial charge on any atom is -0.331 e. The highest BCUT2D eigenvalue weighted by molar-refractivity contribution is 6.30. The normalized spacial score (nSPS) is 18.6. The number of halogens is 1. The van der Waals surface area contributed by atoms with Crippen LogP contribution >= 0.6 is 11.6 Å². The molecule has 128 valence electrons. The van der Waals surface area contributed by atoms with E-state index in [1.54, 1.807) is 0 Å². The van der Waals surface area contributed by atoms with E-state index in [9.17, 15) is 4.79 Å². The SMILES string of the molecule is C[C@@H](NC(=O)N1CC[C@H](Cc2cnn(C)c2)C1)c1cccc(Cl)c1. The predicted octanol–water partition coefficient (Wildman–Crippen LogP) is 3.41. The zero-order valence-electron chi connectivity index (χ0n) is 14.1. The molecule has 1 aliphatic heterocycles. The summed E-state index contributed by atoms with van der Waals surface area (Å²) in [6.45, 7) is 3.58. The smallest absolute Gasteiger partial charge is 0.317 e. The molecule has 6 heteroatoms. The van der Waals surface area contributed by atoms with Crippen molar-refractivity contribution < 1.29 is 4.79 Å². The Morgan fingerprint density at radius 3 is 3.04 bits per heavy atom. The first-order valence-corrected chi connectivity index (χ1v) is 8.67. The van der Waals surface area contributed by atoms with Crippen molar-refractivity contribution in [3.8, 4) is 0 Å². The van der Waals surface area contributed by atoms with Crippen LogP contribution in [-0.4, -0.2) is 33.8 Å². The Morgan fingerprint density at radius 1 is 1.50 bits per heavy atom. The molecule has 0 radical (unpaired) electrons. The van der Waals surface area contributed by atoms with E-state index in [1.807, 2.05) is 60.2 Å². The van der Waals surface area contributed by atoms with Crippen molar-refractivity contribution in [2.75, 3.05) is 13.1 Å². The number of amides is 2. The van der Waals surface area contributed by atoms with Crippen molar-refractivity contribution in [3.63, 3.8) is 0 Å². The van der Waals surface area contributed by atoms with Crippen LogP contribution < -0.4 is 5.32 Å². The number of nitrogens with one attached hydrogen (secondary N) is 1. The third kappa shape index (κ3) is 4.09. The van der Waals surface area contributed by atoms with Gasteiger partial charge in [0.2, 0.25) is 0 Å². The van der Waals surface area contributed by atoms with Gasteiger partial charge in [-0.3, -0.25) is 4.68 Å². The second kappa shape index (κ2) is 7.26. The molecule has 1 N–H and O–H groups in total. The van der Waals surface area contributed by atoms with Crippen molar-refractivity contribution in [2.24, 2.45) is 13.0 Å². The third-order valence-corrected chi connectivity index (χ3v) is 4.78. The average Bonchev–Trinajstić information content (AvgIpc) is 3.17. The number of aromatic nitrogens is 2. The molecule has 0 aliphatic carbocycles. The van der Waals surface area contributed by atoms with E-state index in [0.29, 0.717) is 10.9 Å². The van der Waals surface area contributed by atoms with Gasteiger partial charge in [-0.1, -0.05) is 23.7 Å². The Balaban J connectivity index is 1.52. The van der Waals surface area contributed by atoms with Gasteiger partial charge in [-0.15, -0.1) is 0 Å². The van der Waals surface area contributed by atoms with Gasteiger partial charge in [0.15, 0.2) is 0 Å². The Labute approximate surface area is 147 Å². The number of urea groups is 1. The highest BCUT2D eigenvalue weighted by Gasteiger charge is 2.27. The van der Waals surface area contributed by atoms with Crippen LogP contribution in [0.4, 0.5) is 4.79 Å². The van der Waals surface area contributed by atoms with Crippen LogP contribution in [0.2, 0.25) is 5.02 Å². The summed E-state index contributed by atoms with van der Waals surface area (Å²) in [6, 6.07) is 7.54. The zero-order chi connectivity index (χ0) is 17.1. The highest BCUT2D eigenvalue weighted by atomic mass is 35.5. The van der Waals surface area contributed by atoms with Crippen LogP contribution in [0, 0.1) is 5.92 Å². The van der Waals surface area contributed by atoms with Gasteiger partial charge in [0.1, 0.15) is 0 Å². The van der Waals surface area contributed by atoms with Crippen molar-refractivity contribution in [1.29, 1.82) is 0 Å². The van der Waals surface area contributed by atoms with E-state index in [4.69, 9.17) is 11.6 Å². The number of benzene rings is 1. The molecular weight excluding hydrogens is 324 g/mol. The number of likely N-dealkylation sites (tertiary alicyclic amines) is 1. The van der Waals surface area contributed by atoms with E-state index in [1.165, 1.54) is 5.56 Å². The largest absolute Gasteiger partial charge is 0.331 e. The van der Waals surface area contributed by atoms with Gasteiger partial charge in [0.25, 0.3) is 0 Å². The average molecular weight is 347 g/mol. The Kier molecular flexibility index (Phi) is 5.09. The Bertz CT molecular complexity index is 715. The summed E-state index contributed by atoms with van der Waals surface area (Å²) in [5.74, 6) is 0.501. The first-order chi connectivity index (χ1) is 11.5. The first kappa shape index (κ1) is 16.8. The molecule has 2 atom stereocenters. The van der Waals surface area contributed by atoms with E-state index >= 15 is 0 Å². The summed E-state index contributed by atoms with van der Waals surface area (Å²) in [5.41, 5.74) is 2.25. The fourth-order valence-electron chi connectivity index (χ4n) is 3.23. The monoisotopic (exact) mass is 346 g/mol. The summed E-state index contributed by atoms with van der Waals surface area (Å²) in [4.78, 5) is 14.4. The van der Waals surface area contributed by atoms with Crippen LogP contribution in [0.15, 0.2) is 36.7 Å². The van der Waals surface area contributed by atoms with Crippen LogP contribution in [0.25, 0.3) is 0 Å². The molecule has 2 heterocycles. The van der Waals surface area contributed by atoms with Crippen LogP contribution in [0.3, 0.4) is 0 Å². The molecule has 2 aromatic rings. The minimum absolute atomic E-state index is 0.00355. The van der Waals surface area contributed by atoms with Gasteiger partial charge in [-0.25, -0.2) is 4.79 Å². The number of nitrogens with zero attached hydrogens (tertiary/aromatic N) is 3. The van der Waals surface area contributed by atoms with E-state index < -0.39 is 0 Å². The molecule has 1 aliphatic rings. The maximum atomic E-state index is 12.5. The molecule has 5 nitrogen and oxygen atoms in total. The van der Waals surface area contributed by atoms with Crippen molar-refractivity contribution in [2.45, 2.75) is 25.8 Å². The quantitative estimate of drug-likeness (QED) is 0.922. The molecule has 24 heavy (non-hydrogen) atoms. The number of aryl methyl sites for hydroxylation is 1. The summed E-state index contributed by atoms with van der Waals surface area (Å²) < 4.78 is 1.82. The summed E-state index contributed by atoms with van der Waals surface area (Å²) in [5, 5.41) is 7.96. The summed E-state index contributed by atoms with van der Waals surface area (Å²) in [7, 11) is 1.93. The molecule has 0 spiro atoms. The summed E-state index contributed by atoms with van der Waals surface area (Å²) in [6.07, 6.45) is 5.96. The first-order valence-electron chi connectivity index (χ1n) is 8.29. The fraction of sp³-hybridized carbons (Fsp3) is 0.444. The van der Waals surface area contributed by atoms with Gasteiger partial charge >= 0.3 is 6.03 Å². The minimum atomic E-state index is -0.0615. The molecule has 0 saturated carbocycles. The van der Waals surface area contributed by atoms with Crippen LogP contribution in [-0.2, 0) is 13.5 Å². The predicted molar refractivity (Wildman–Crippen MR) is 95.0 cm³/mol. The van der Waals surface area contributed by atoms with Crippen molar-refractivity contribution >= 4 is 17.6 Å².